The topological polar surface area (TPSA) is 24.9 Å². The maximum Gasteiger partial charge on any atom is 0.0820 e. The van der Waals surface area contributed by atoms with Gasteiger partial charge in [-0.25, -0.2) is 0 Å². The second kappa shape index (κ2) is 5.28. The zero-order valence-corrected chi connectivity index (χ0v) is 11.1. The van der Waals surface area contributed by atoms with E-state index in [4.69, 9.17) is 11.6 Å². The van der Waals surface area contributed by atoms with Gasteiger partial charge in [-0.15, -0.1) is 0 Å². The summed E-state index contributed by atoms with van der Waals surface area (Å²) >= 11 is 8.05. The summed E-state index contributed by atoms with van der Waals surface area (Å²) in [7, 11) is 0. The van der Waals surface area contributed by atoms with E-state index in [1.54, 1.807) is 12.4 Å². The maximum absolute atomic E-state index is 6.07. The second-order valence-corrected chi connectivity index (χ2v) is 5.98. The van der Waals surface area contributed by atoms with Gasteiger partial charge in [-0.2, -0.15) is 11.8 Å². The highest BCUT2D eigenvalue weighted by atomic mass is 35.5. The first-order valence-electron chi connectivity index (χ1n) is 5.64. The van der Waals surface area contributed by atoms with Gasteiger partial charge in [0.25, 0.3) is 0 Å². The third-order valence-electron chi connectivity index (χ3n) is 3.32. The first-order valence-corrected chi connectivity index (χ1v) is 7.25. The monoisotopic (exact) mass is 256 g/mol. The van der Waals surface area contributed by atoms with Gasteiger partial charge in [-0.05, 0) is 25.2 Å². The van der Waals surface area contributed by atoms with Crippen LogP contribution in [0.5, 0.6) is 0 Å². The van der Waals surface area contributed by atoms with Crippen molar-refractivity contribution in [1.29, 1.82) is 0 Å². The normalized spacial score (nSPS) is 18.6. The summed E-state index contributed by atoms with van der Waals surface area (Å²) in [6, 6.07) is 1.94. The van der Waals surface area contributed by atoms with Crippen molar-refractivity contribution in [3.8, 4) is 0 Å². The Balaban J connectivity index is 1.98. The lowest BCUT2D eigenvalue weighted by Crippen LogP contribution is -2.30. The van der Waals surface area contributed by atoms with Gasteiger partial charge < -0.3 is 5.32 Å². The Morgan fingerprint density at radius 1 is 1.50 bits per heavy atom. The lowest BCUT2D eigenvalue weighted by molar-refractivity contribution is 0.640. The van der Waals surface area contributed by atoms with Gasteiger partial charge in [0.05, 0.1) is 10.7 Å². The Morgan fingerprint density at radius 3 is 2.88 bits per heavy atom. The maximum atomic E-state index is 6.07. The molecule has 16 heavy (non-hydrogen) atoms. The molecule has 0 atom stereocenters. The van der Waals surface area contributed by atoms with Gasteiger partial charge in [-0.3, -0.25) is 4.98 Å². The summed E-state index contributed by atoms with van der Waals surface area (Å²) in [6.45, 7) is 0.998. The van der Waals surface area contributed by atoms with E-state index in [2.05, 4.69) is 16.6 Å². The minimum Gasteiger partial charge on any atom is -0.382 e. The molecule has 0 aromatic carbocycles. The summed E-state index contributed by atoms with van der Waals surface area (Å²) in [4.78, 5) is 3.99. The fourth-order valence-electron chi connectivity index (χ4n) is 2.25. The second-order valence-electron chi connectivity index (χ2n) is 4.30. The molecule has 1 heterocycles. The van der Waals surface area contributed by atoms with Crippen molar-refractivity contribution in [2.45, 2.75) is 30.4 Å². The molecule has 1 saturated carbocycles. The molecular formula is C12H17ClN2S. The van der Waals surface area contributed by atoms with E-state index in [1.165, 1.54) is 25.7 Å². The number of pyridine rings is 1. The van der Waals surface area contributed by atoms with E-state index >= 15 is 0 Å². The van der Waals surface area contributed by atoms with Gasteiger partial charge in [0.15, 0.2) is 0 Å². The number of rotatable bonds is 4. The molecular weight excluding hydrogens is 240 g/mol. The highest BCUT2D eigenvalue weighted by Crippen LogP contribution is 2.40. The summed E-state index contributed by atoms with van der Waals surface area (Å²) in [5.41, 5.74) is 0.997. The molecule has 2 nitrogen and oxygen atoms in total. The minimum absolute atomic E-state index is 0.409. The number of anilines is 1. The lowest BCUT2D eigenvalue weighted by atomic mass is 10.1. The first kappa shape index (κ1) is 12.1. The van der Waals surface area contributed by atoms with Gasteiger partial charge >= 0.3 is 0 Å². The Morgan fingerprint density at radius 2 is 2.25 bits per heavy atom. The Hall–Kier alpha value is -0.410. The van der Waals surface area contributed by atoms with Crippen molar-refractivity contribution in [3.05, 3.63) is 23.5 Å². The van der Waals surface area contributed by atoms with Crippen molar-refractivity contribution >= 4 is 29.1 Å². The zero-order valence-electron chi connectivity index (χ0n) is 9.50. The van der Waals surface area contributed by atoms with E-state index < -0.39 is 0 Å². The first-order chi connectivity index (χ1) is 7.76. The highest BCUT2D eigenvalue weighted by molar-refractivity contribution is 8.00. The quantitative estimate of drug-likeness (QED) is 0.887. The molecule has 2 rings (SSSR count). The zero-order chi connectivity index (χ0) is 11.4. The molecule has 1 aliphatic carbocycles. The van der Waals surface area contributed by atoms with E-state index in [-0.39, 0.29) is 0 Å². The molecule has 1 fully saturated rings. The molecule has 0 aliphatic heterocycles. The molecule has 0 radical (unpaired) electrons. The van der Waals surface area contributed by atoms with Gasteiger partial charge in [0.1, 0.15) is 0 Å². The summed E-state index contributed by atoms with van der Waals surface area (Å²) in [5, 5.41) is 4.16. The van der Waals surface area contributed by atoms with E-state index in [1.807, 2.05) is 17.8 Å². The van der Waals surface area contributed by atoms with Crippen LogP contribution < -0.4 is 5.32 Å². The third-order valence-corrected chi connectivity index (χ3v) is 5.04. The van der Waals surface area contributed by atoms with Crippen molar-refractivity contribution < 1.29 is 0 Å². The molecule has 0 bridgehead atoms. The minimum atomic E-state index is 0.409. The molecule has 0 saturated heterocycles. The predicted octanol–water partition coefficient (Wildman–Crippen LogP) is 3.82. The van der Waals surface area contributed by atoms with E-state index in [0.29, 0.717) is 9.77 Å². The molecule has 0 amide bonds. The van der Waals surface area contributed by atoms with Crippen LogP contribution in [-0.4, -0.2) is 22.5 Å². The molecule has 1 N–H and O–H groups in total. The van der Waals surface area contributed by atoms with Crippen LogP contribution in [0.15, 0.2) is 18.5 Å². The summed E-state index contributed by atoms with van der Waals surface area (Å²) in [5.74, 6) is 0. The Labute approximate surface area is 106 Å². The van der Waals surface area contributed by atoms with Crippen LogP contribution in [0.25, 0.3) is 0 Å². The molecule has 1 aliphatic rings. The van der Waals surface area contributed by atoms with Crippen LogP contribution in [0, 0.1) is 0 Å². The van der Waals surface area contributed by atoms with Crippen LogP contribution in [0.1, 0.15) is 25.7 Å². The largest absolute Gasteiger partial charge is 0.382 e. The molecule has 0 unspecified atom stereocenters. The fourth-order valence-corrected chi connectivity index (χ4v) is 3.35. The number of hydrogen-bond acceptors (Lipinski definition) is 3. The Bertz CT molecular complexity index is 351. The lowest BCUT2D eigenvalue weighted by Gasteiger charge is -2.27. The molecule has 0 spiro atoms. The van der Waals surface area contributed by atoms with Crippen molar-refractivity contribution in [3.63, 3.8) is 0 Å². The molecule has 1 aromatic rings. The average molecular weight is 257 g/mol. The molecule has 4 heteroatoms. The van der Waals surface area contributed by atoms with Crippen LogP contribution in [0.4, 0.5) is 5.69 Å². The number of nitrogens with one attached hydrogen (secondary N) is 1. The van der Waals surface area contributed by atoms with Crippen molar-refractivity contribution in [1.82, 2.24) is 4.98 Å². The van der Waals surface area contributed by atoms with Gasteiger partial charge in [0.2, 0.25) is 0 Å². The third kappa shape index (κ3) is 2.64. The standard InChI is InChI=1S/C12H17ClN2S/c1-16-12(5-2-3-6-12)9-15-11-4-7-14-8-10(11)13/h4,7-8H,2-3,5-6,9H2,1H3,(H,14,15). The number of nitrogens with zero attached hydrogens (tertiary/aromatic N) is 1. The highest BCUT2D eigenvalue weighted by Gasteiger charge is 2.32. The smallest absolute Gasteiger partial charge is 0.0820 e. The van der Waals surface area contributed by atoms with Crippen LogP contribution in [0.2, 0.25) is 5.02 Å². The van der Waals surface area contributed by atoms with Crippen LogP contribution in [-0.2, 0) is 0 Å². The Kier molecular flexibility index (Phi) is 3.98. The average Bonchev–Trinajstić information content (AvgIpc) is 2.78. The number of halogens is 1. The summed E-state index contributed by atoms with van der Waals surface area (Å²) < 4.78 is 0.409. The van der Waals surface area contributed by atoms with Crippen LogP contribution in [0.3, 0.4) is 0 Å². The number of aromatic nitrogens is 1. The van der Waals surface area contributed by atoms with Gasteiger partial charge in [-0.1, -0.05) is 24.4 Å². The van der Waals surface area contributed by atoms with Gasteiger partial charge in [0, 0.05) is 23.7 Å². The molecule has 1 aromatic heterocycles. The van der Waals surface area contributed by atoms with Crippen LogP contribution >= 0.6 is 23.4 Å². The fraction of sp³-hybridized carbons (Fsp3) is 0.583. The molecule has 88 valence electrons. The van der Waals surface area contributed by atoms with Crippen molar-refractivity contribution in [2.24, 2.45) is 0 Å². The van der Waals surface area contributed by atoms with E-state index in [0.717, 1.165) is 12.2 Å². The summed E-state index contributed by atoms with van der Waals surface area (Å²) in [6.07, 6.45) is 11.0. The number of hydrogen-bond donors (Lipinski definition) is 1. The number of thioether (sulfide) groups is 1. The van der Waals surface area contributed by atoms with E-state index in [9.17, 15) is 0 Å². The SMILES string of the molecule is CSC1(CNc2ccncc2Cl)CCCC1. The predicted molar refractivity (Wildman–Crippen MR) is 72.5 cm³/mol. The van der Waals surface area contributed by atoms with Crippen molar-refractivity contribution in [2.75, 3.05) is 18.1 Å².